The molecule has 9 heteroatoms. The Bertz CT molecular complexity index is 728. The fourth-order valence-corrected chi connectivity index (χ4v) is 2.26. The maximum Gasteiger partial charge on any atom is 0.393 e. The van der Waals surface area contributed by atoms with Crippen LogP contribution in [0.4, 0.5) is 10.1 Å². The fourth-order valence-electron chi connectivity index (χ4n) is 1.56. The number of ether oxygens (including phenoxy) is 1. The van der Waals surface area contributed by atoms with Gasteiger partial charge in [0.2, 0.25) is 0 Å². The van der Waals surface area contributed by atoms with E-state index >= 15 is 0 Å². The van der Waals surface area contributed by atoms with Crippen molar-refractivity contribution in [3.05, 3.63) is 40.9 Å². The molecule has 0 saturated heterocycles. The molecule has 0 aliphatic heterocycles. The molecule has 22 heavy (non-hydrogen) atoms. The molecule has 8 nitrogen and oxygen atoms in total. The molecule has 0 atom stereocenters. The van der Waals surface area contributed by atoms with Gasteiger partial charge in [-0.25, -0.2) is 9.82 Å². The lowest BCUT2D eigenvalue weighted by molar-refractivity contribution is -0.734. The number of rotatable bonds is 5. The van der Waals surface area contributed by atoms with Crippen LogP contribution in [-0.4, -0.2) is 28.9 Å². The zero-order valence-corrected chi connectivity index (χ0v) is 12.5. The highest BCUT2D eigenvalue weighted by Crippen LogP contribution is 2.27. The average molecular weight is 322 g/mol. The van der Waals surface area contributed by atoms with Crippen LogP contribution in [-0.2, 0) is 9.63 Å². The quantitative estimate of drug-likeness (QED) is 0.515. The fraction of sp³-hybridized carbons (Fsp3) is 0.154. The van der Waals surface area contributed by atoms with Crippen LogP contribution in [0.5, 0.6) is 5.75 Å². The number of amides is 1. The molecule has 1 amide bonds. The molecule has 2 rings (SSSR count). The van der Waals surface area contributed by atoms with Gasteiger partial charge in [-0.1, -0.05) is 12.1 Å². The Morgan fingerprint density at radius 2 is 2.05 bits per heavy atom. The summed E-state index contributed by atoms with van der Waals surface area (Å²) in [5, 5.41) is 2.93. The minimum atomic E-state index is -0.529. The second-order valence-corrected chi connectivity index (χ2v) is 5.00. The van der Waals surface area contributed by atoms with Gasteiger partial charge in [0.15, 0.2) is 12.2 Å². The van der Waals surface area contributed by atoms with E-state index in [2.05, 4.69) is 15.1 Å². The van der Waals surface area contributed by atoms with Gasteiger partial charge in [-0.05, 0) is 23.5 Å². The third-order valence-electron chi connectivity index (χ3n) is 2.45. The molecule has 0 aliphatic rings. The molecule has 0 radical (unpaired) electrons. The lowest BCUT2D eigenvalue weighted by Gasteiger charge is -2.07. The van der Waals surface area contributed by atoms with Crippen LogP contribution in [0.25, 0.3) is 0 Å². The lowest BCUT2D eigenvalue weighted by atomic mass is 10.2. The number of thiazole rings is 1. The second-order valence-electron chi connectivity index (χ2n) is 3.99. The van der Waals surface area contributed by atoms with Gasteiger partial charge >= 0.3 is 11.0 Å². The summed E-state index contributed by atoms with van der Waals surface area (Å²) in [6.45, 7) is 1.25. The van der Waals surface area contributed by atoms with Gasteiger partial charge in [0.05, 0.1) is 10.5 Å². The van der Waals surface area contributed by atoms with Crippen molar-refractivity contribution in [1.82, 2.24) is 4.98 Å². The number of nitrogens with zero attached hydrogens (tertiary/aromatic N) is 2. The summed E-state index contributed by atoms with van der Waals surface area (Å²) in [7, 11) is 1.22. The summed E-state index contributed by atoms with van der Waals surface area (Å²) in [6, 6.07) is 6.30. The van der Waals surface area contributed by atoms with Crippen molar-refractivity contribution >= 4 is 33.3 Å². The van der Waals surface area contributed by atoms with Crippen molar-refractivity contribution in [2.45, 2.75) is 6.92 Å². The summed E-state index contributed by atoms with van der Waals surface area (Å²) in [6.07, 6.45) is 1.27. The standard InChI is InChI=1S/C13H11N3O5S/c1-8(17)21-10-6-4-3-5-9(10)12(18)15-13-14-7-11(22-13)16(19)20-2/h3-7H,1-2H3/p+1. The minimum absolute atomic E-state index is 0.145. The van der Waals surface area contributed by atoms with Crippen LogP contribution in [0, 0.1) is 4.91 Å². The molecule has 114 valence electrons. The summed E-state index contributed by atoms with van der Waals surface area (Å²) >= 11 is 0.946. The average Bonchev–Trinajstić information content (AvgIpc) is 2.94. The molecule has 1 aromatic heterocycles. The molecule has 2 aromatic rings. The molecular weight excluding hydrogens is 310 g/mol. The number of anilines is 1. The highest BCUT2D eigenvalue weighted by molar-refractivity contribution is 7.18. The van der Waals surface area contributed by atoms with E-state index in [1.807, 2.05) is 0 Å². The first kappa shape index (κ1) is 15.6. The second kappa shape index (κ2) is 6.76. The number of para-hydroxylation sites is 1. The van der Waals surface area contributed by atoms with Crippen LogP contribution in [0.1, 0.15) is 17.3 Å². The molecule has 0 saturated carbocycles. The summed E-state index contributed by atoms with van der Waals surface area (Å²) < 4.78 is 4.97. The number of aromatic nitrogens is 1. The van der Waals surface area contributed by atoms with Crippen molar-refractivity contribution in [2.24, 2.45) is 0 Å². The summed E-state index contributed by atoms with van der Waals surface area (Å²) in [4.78, 5) is 43.2. The molecule has 1 aromatic carbocycles. The molecular formula is C13H12N3O5S+. The Labute approximate surface area is 129 Å². The first-order valence-corrected chi connectivity index (χ1v) is 6.89. The van der Waals surface area contributed by atoms with E-state index < -0.39 is 11.9 Å². The summed E-state index contributed by atoms with van der Waals surface area (Å²) in [5.74, 6) is -0.891. The largest absolute Gasteiger partial charge is 0.426 e. The molecule has 1 heterocycles. The van der Waals surface area contributed by atoms with Gasteiger partial charge in [-0.2, -0.15) is 0 Å². The maximum absolute atomic E-state index is 12.2. The van der Waals surface area contributed by atoms with E-state index in [0.29, 0.717) is 0 Å². The number of benzene rings is 1. The zero-order valence-electron chi connectivity index (χ0n) is 11.7. The maximum atomic E-state index is 12.2. The number of hydrogen-bond acceptors (Lipinski definition) is 7. The third kappa shape index (κ3) is 3.64. The van der Waals surface area contributed by atoms with E-state index in [1.54, 1.807) is 12.1 Å². The van der Waals surface area contributed by atoms with Crippen molar-refractivity contribution in [1.29, 1.82) is 0 Å². The Kier molecular flexibility index (Phi) is 4.79. The first-order chi connectivity index (χ1) is 10.5. The predicted molar refractivity (Wildman–Crippen MR) is 78.1 cm³/mol. The Morgan fingerprint density at radius 3 is 2.73 bits per heavy atom. The molecule has 0 unspecified atom stereocenters. The monoisotopic (exact) mass is 322 g/mol. The van der Waals surface area contributed by atoms with Crippen molar-refractivity contribution in [3.8, 4) is 5.75 Å². The molecule has 0 bridgehead atoms. The molecule has 0 spiro atoms. The summed E-state index contributed by atoms with van der Waals surface area (Å²) in [5.41, 5.74) is 0.181. The Morgan fingerprint density at radius 1 is 1.32 bits per heavy atom. The van der Waals surface area contributed by atoms with Gasteiger partial charge in [0.25, 0.3) is 10.8 Å². The first-order valence-electron chi connectivity index (χ1n) is 6.07. The third-order valence-corrected chi connectivity index (χ3v) is 3.31. The predicted octanol–water partition coefficient (Wildman–Crippen LogP) is 2.29. The molecule has 0 aliphatic carbocycles. The Balaban J connectivity index is 2.17. The van der Waals surface area contributed by atoms with Gasteiger partial charge < -0.3 is 4.74 Å². The van der Waals surface area contributed by atoms with Crippen molar-refractivity contribution in [2.75, 3.05) is 12.4 Å². The molecule has 1 N–H and O–H groups in total. The van der Waals surface area contributed by atoms with Gasteiger partial charge in [-0.3, -0.25) is 14.9 Å². The van der Waals surface area contributed by atoms with E-state index in [4.69, 9.17) is 4.74 Å². The van der Waals surface area contributed by atoms with Crippen LogP contribution in [0.15, 0.2) is 30.5 Å². The van der Waals surface area contributed by atoms with E-state index in [9.17, 15) is 14.5 Å². The van der Waals surface area contributed by atoms with Crippen LogP contribution in [0.3, 0.4) is 0 Å². The van der Waals surface area contributed by atoms with Crippen molar-refractivity contribution < 1.29 is 24.1 Å². The highest BCUT2D eigenvalue weighted by atomic mass is 32.1. The normalized spacial score (nSPS) is 9.91. The SMILES string of the molecule is CO[N+](=O)c1cnc(NC(=O)c2ccccc2OC(C)=O)s1. The highest BCUT2D eigenvalue weighted by Gasteiger charge is 2.21. The van der Waals surface area contributed by atoms with Gasteiger partial charge in [0.1, 0.15) is 11.9 Å². The number of nitrogens with one attached hydrogen (secondary N) is 1. The van der Waals surface area contributed by atoms with Crippen LogP contribution < -0.4 is 10.1 Å². The van der Waals surface area contributed by atoms with Gasteiger partial charge in [0, 0.05) is 6.92 Å². The van der Waals surface area contributed by atoms with E-state index in [-0.39, 0.29) is 26.4 Å². The number of hydrogen-bond donors (Lipinski definition) is 1. The van der Waals surface area contributed by atoms with Crippen LogP contribution >= 0.6 is 11.3 Å². The lowest BCUT2D eigenvalue weighted by Crippen LogP contribution is -2.14. The topological polar surface area (TPSA) is 97.6 Å². The number of esters is 1. The van der Waals surface area contributed by atoms with Crippen molar-refractivity contribution in [3.63, 3.8) is 0 Å². The van der Waals surface area contributed by atoms with Gasteiger partial charge in [-0.15, -0.1) is 0 Å². The molecule has 0 fully saturated rings. The van der Waals surface area contributed by atoms with E-state index in [0.717, 1.165) is 11.3 Å². The number of carbonyl (C=O) groups excluding carboxylic acids is 2. The minimum Gasteiger partial charge on any atom is -0.426 e. The zero-order chi connectivity index (χ0) is 16.1. The van der Waals surface area contributed by atoms with Crippen LogP contribution in [0.2, 0.25) is 0 Å². The Hall–Kier alpha value is -2.81. The van der Waals surface area contributed by atoms with E-state index in [1.165, 1.54) is 32.4 Å². The number of carbonyl (C=O) groups is 2. The smallest absolute Gasteiger partial charge is 0.393 e.